The molecule has 2 aliphatic heterocycles. The third kappa shape index (κ3) is 3.48. The predicted molar refractivity (Wildman–Crippen MR) is 125 cm³/mol. The van der Waals surface area contributed by atoms with E-state index in [1.165, 1.54) is 14.2 Å². The second-order valence-electron chi connectivity index (χ2n) is 8.88. The zero-order valence-electron chi connectivity index (χ0n) is 18.9. The van der Waals surface area contributed by atoms with Crippen LogP contribution in [-0.2, 0) is 30.5 Å². The first-order chi connectivity index (χ1) is 15.9. The third-order valence-corrected chi connectivity index (χ3v) is 9.32. The summed E-state index contributed by atoms with van der Waals surface area (Å²) < 4.78 is 39.4. The Bertz CT molecular complexity index is 1290. The molecule has 0 unspecified atom stereocenters. The molecule has 2 aromatic carbocycles. The number of ether oxygens (including phenoxy) is 2. The average Bonchev–Trinajstić information content (AvgIpc) is 3.19. The van der Waals surface area contributed by atoms with Gasteiger partial charge >= 0.3 is 0 Å². The summed E-state index contributed by atoms with van der Waals surface area (Å²) in [6.07, 6.45) is -0.0912. The molecule has 1 N–H and O–H groups in total. The number of carbonyl (C=O) groups is 1. The number of nitrogens with one attached hydrogen (secondary N) is 1. The van der Waals surface area contributed by atoms with Crippen LogP contribution in [-0.4, -0.2) is 56.5 Å². The summed E-state index contributed by atoms with van der Waals surface area (Å²) in [5, 5.41) is 0.151. The predicted octanol–water partition coefficient (Wildman–Crippen LogP) is 3.38. The van der Waals surface area contributed by atoms with Crippen LogP contribution in [0.3, 0.4) is 0 Å². The fraction of sp³-hybridized carbons (Fsp3) is 0.400. The molecule has 5 rings (SSSR count). The molecule has 8 heteroatoms. The second-order valence-corrected chi connectivity index (χ2v) is 11.0. The molecule has 7 nitrogen and oxygen atoms in total. The van der Waals surface area contributed by atoms with Crippen LogP contribution in [0.2, 0.25) is 0 Å². The molecule has 0 spiro atoms. The molecule has 1 saturated heterocycles. The molecule has 1 aromatic heterocycles. The average molecular weight is 469 g/mol. The normalized spacial score (nSPS) is 23.1. The van der Waals surface area contributed by atoms with E-state index in [0.29, 0.717) is 13.0 Å². The Morgan fingerprint density at radius 2 is 1.76 bits per heavy atom. The number of hydrogen-bond donors (Lipinski definition) is 1. The van der Waals surface area contributed by atoms with Crippen LogP contribution in [0.25, 0.3) is 10.9 Å². The number of fused-ring (bicyclic) bond motifs is 5. The number of piperidine rings is 1. The maximum absolute atomic E-state index is 14.2. The van der Waals surface area contributed by atoms with E-state index in [0.717, 1.165) is 27.7 Å². The number of sulfone groups is 1. The maximum Gasteiger partial charge on any atom is 0.223 e. The molecule has 0 aliphatic carbocycles. The van der Waals surface area contributed by atoms with Gasteiger partial charge in [0.2, 0.25) is 5.91 Å². The number of hydrogen-bond acceptors (Lipinski definition) is 5. The summed E-state index contributed by atoms with van der Waals surface area (Å²) in [5.41, 5.74) is 3.80. The number of carbonyl (C=O) groups excluding carboxylic acids is 1. The van der Waals surface area contributed by atoms with E-state index in [1.807, 2.05) is 31.2 Å². The van der Waals surface area contributed by atoms with Gasteiger partial charge in [-0.25, -0.2) is 8.42 Å². The molecule has 3 aromatic rings. The van der Waals surface area contributed by atoms with E-state index >= 15 is 0 Å². The Morgan fingerprint density at radius 1 is 1.06 bits per heavy atom. The molecule has 33 heavy (non-hydrogen) atoms. The molecule has 0 radical (unpaired) electrons. The number of methoxy groups -OCH3 is 2. The molecule has 0 bridgehead atoms. The monoisotopic (exact) mass is 468 g/mol. The van der Waals surface area contributed by atoms with Crippen LogP contribution >= 0.6 is 0 Å². The molecule has 3 atom stereocenters. The third-order valence-electron chi connectivity index (χ3n) is 7.07. The first kappa shape index (κ1) is 22.1. The van der Waals surface area contributed by atoms with Crippen LogP contribution in [0.5, 0.6) is 0 Å². The van der Waals surface area contributed by atoms with Crippen LogP contribution < -0.4 is 0 Å². The highest BCUT2D eigenvalue weighted by Crippen LogP contribution is 2.47. The lowest BCUT2D eigenvalue weighted by atomic mass is 9.83. The van der Waals surface area contributed by atoms with E-state index in [2.05, 4.69) is 4.98 Å². The summed E-state index contributed by atoms with van der Waals surface area (Å²) in [6, 6.07) is 14.2. The van der Waals surface area contributed by atoms with Gasteiger partial charge in [-0.05, 0) is 37.1 Å². The molecule has 174 valence electrons. The standard InChI is InChI=1S/C25H28N2O5S/c1-15-8-10-16(11-9-15)33(29,30)24-19(25(31-2)32-3)14-21(28)27-13-12-18-17-6-4-5-7-20(17)26-22(18)23(24)27/h4-11,19,23-26H,12-14H2,1-3H3/t19-,23-,24+/m0/s1. The number of aromatic amines is 1. The van der Waals surface area contributed by atoms with Crippen LogP contribution in [0.15, 0.2) is 53.4 Å². The van der Waals surface area contributed by atoms with Crippen LogP contribution in [0.1, 0.15) is 29.3 Å². The molecule has 2 aliphatic rings. The molecular weight excluding hydrogens is 440 g/mol. The number of nitrogens with zero attached hydrogens (tertiary/aromatic N) is 1. The Kier molecular flexibility index (Phi) is 5.55. The topological polar surface area (TPSA) is 88.7 Å². The van der Waals surface area contributed by atoms with Gasteiger partial charge in [0, 0.05) is 49.7 Å². The lowest BCUT2D eigenvalue weighted by Gasteiger charge is -2.48. The highest BCUT2D eigenvalue weighted by Gasteiger charge is 2.54. The zero-order valence-corrected chi connectivity index (χ0v) is 19.8. The lowest BCUT2D eigenvalue weighted by molar-refractivity contribution is -0.165. The lowest BCUT2D eigenvalue weighted by Crippen LogP contribution is -2.57. The molecular formula is C25H28N2O5S. The van der Waals surface area contributed by atoms with Crippen molar-refractivity contribution in [3.63, 3.8) is 0 Å². The Balaban J connectivity index is 1.73. The largest absolute Gasteiger partial charge is 0.356 e. The number of aromatic nitrogens is 1. The van der Waals surface area contributed by atoms with Crippen molar-refractivity contribution in [3.05, 3.63) is 65.4 Å². The summed E-state index contributed by atoms with van der Waals surface area (Å²) in [6.45, 7) is 2.40. The Hall–Kier alpha value is -2.68. The highest BCUT2D eigenvalue weighted by molar-refractivity contribution is 7.92. The number of rotatable bonds is 5. The Labute approximate surface area is 193 Å². The van der Waals surface area contributed by atoms with Gasteiger partial charge in [-0.15, -0.1) is 0 Å². The van der Waals surface area contributed by atoms with Crippen molar-refractivity contribution in [2.45, 2.75) is 42.2 Å². The maximum atomic E-state index is 14.2. The van der Waals surface area contributed by atoms with Crippen molar-refractivity contribution in [1.29, 1.82) is 0 Å². The molecule has 0 saturated carbocycles. The van der Waals surface area contributed by atoms with Gasteiger partial charge in [0.1, 0.15) is 5.25 Å². The van der Waals surface area contributed by atoms with Gasteiger partial charge in [-0.2, -0.15) is 0 Å². The summed E-state index contributed by atoms with van der Waals surface area (Å²) in [7, 11) is -0.877. The van der Waals surface area contributed by atoms with Gasteiger partial charge in [0.25, 0.3) is 0 Å². The smallest absolute Gasteiger partial charge is 0.223 e. The summed E-state index contributed by atoms with van der Waals surface area (Å²) >= 11 is 0. The fourth-order valence-electron chi connectivity index (χ4n) is 5.54. The van der Waals surface area contributed by atoms with Crippen LogP contribution in [0, 0.1) is 12.8 Å². The van der Waals surface area contributed by atoms with Gasteiger partial charge in [-0.1, -0.05) is 35.9 Å². The Morgan fingerprint density at radius 3 is 2.45 bits per heavy atom. The molecule has 1 amide bonds. The minimum atomic E-state index is -3.84. The minimum Gasteiger partial charge on any atom is -0.356 e. The number of H-pyrrole nitrogens is 1. The quantitative estimate of drug-likeness (QED) is 0.580. The van der Waals surface area contributed by atoms with Crippen molar-refractivity contribution >= 4 is 26.6 Å². The van der Waals surface area contributed by atoms with Gasteiger partial charge < -0.3 is 19.4 Å². The first-order valence-corrected chi connectivity index (χ1v) is 12.7. The number of para-hydroxylation sites is 1. The van der Waals surface area contributed by atoms with Crippen LogP contribution in [0.4, 0.5) is 0 Å². The first-order valence-electron chi connectivity index (χ1n) is 11.1. The van der Waals surface area contributed by atoms with E-state index in [-0.39, 0.29) is 17.2 Å². The number of amides is 1. The summed E-state index contributed by atoms with van der Waals surface area (Å²) in [4.78, 5) is 18.7. The van der Waals surface area contributed by atoms with Crippen molar-refractivity contribution in [3.8, 4) is 0 Å². The molecule has 1 fully saturated rings. The van der Waals surface area contributed by atoms with E-state index in [1.54, 1.807) is 29.2 Å². The van der Waals surface area contributed by atoms with E-state index in [4.69, 9.17) is 9.47 Å². The van der Waals surface area contributed by atoms with E-state index < -0.39 is 33.3 Å². The van der Waals surface area contributed by atoms with Gasteiger partial charge in [-0.3, -0.25) is 4.79 Å². The van der Waals surface area contributed by atoms with Crippen molar-refractivity contribution in [2.75, 3.05) is 20.8 Å². The van der Waals surface area contributed by atoms with Crippen molar-refractivity contribution in [1.82, 2.24) is 9.88 Å². The fourth-order valence-corrected chi connectivity index (χ4v) is 7.68. The number of benzene rings is 2. The molecule has 3 heterocycles. The SMILES string of the molecule is COC(OC)[C@H]1CC(=O)N2CCc3c([nH]c4ccccc34)[C@H]2[C@@H]1S(=O)(=O)c1ccc(C)cc1. The second kappa shape index (κ2) is 8.27. The van der Waals surface area contributed by atoms with Gasteiger partial charge in [0.15, 0.2) is 16.1 Å². The van der Waals surface area contributed by atoms with Gasteiger partial charge in [0.05, 0.1) is 10.9 Å². The van der Waals surface area contributed by atoms with Crippen molar-refractivity contribution in [2.24, 2.45) is 5.92 Å². The zero-order chi connectivity index (χ0) is 23.3. The summed E-state index contributed by atoms with van der Waals surface area (Å²) in [5.74, 6) is -0.735. The number of aryl methyl sites for hydroxylation is 1. The van der Waals surface area contributed by atoms with Crippen molar-refractivity contribution < 1.29 is 22.7 Å². The van der Waals surface area contributed by atoms with E-state index in [9.17, 15) is 13.2 Å². The minimum absolute atomic E-state index is 0.0498. The highest BCUT2D eigenvalue weighted by atomic mass is 32.2.